The van der Waals surface area contributed by atoms with Crippen molar-refractivity contribution in [3.8, 4) is 11.4 Å². The van der Waals surface area contributed by atoms with Crippen LogP contribution in [0, 0.1) is 10.6 Å². The molecule has 3 aromatic rings. The van der Waals surface area contributed by atoms with Gasteiger partial charge in [0.05, 0.1) is 16.3 Å². The highest BCUT2D eigenvalue weighted by Gasteiger charge is 2.08. The number of benzene rings is 2. The predicted octanol–water partition coefficient (Wildman–Crippen LogP) is 4.94. The van der Waals surface area contributed by atoms with Crippen molar-refractivity contribution in [2.75, 3.05) is 0 Å². The fourth-order valence-corrected chi connectivity index (χ4v) is 2.46. The average Bonchev–Trinajstić information content (AvgIpc) is 2.91. The third-order valence-electron chi connectivity index (χ3n) is 3.05. The Kier molecular flexibility index (Phi) is 4.56. The number of rotatable bonds is 3. The maximum absolute atomic E-state index is 13.0. The molecule has 0 atom stereocenters. The first-order chi connectivity index (χ1) is 11.1. The largest absolute Gasteiger partial charge is 0.250 e. The van der Waals surface area contributed by atoms with Crippen molar-refractivity contribution in [3.63, 3.8) is 0 Å². The minimum atomic E-state index is -0.330. The molecule has 1 heterocycles. The lowest BCUT2D eigenvalue weighted by Gasteiger charge is -2.02. The summed E-state index contributed by atoms with van der Waals surface area (Å²) >= 11 is 17.3. The summed E-state index contributed by atoms with van der Waals surface area (Å²) in [6, 6.07) is 11.1. The third-order valence-corrected chi connectivity index (χ3v) is 4.14. The number of nitrogens with zero attached hydrogens (tertiary/aromatic N) is 3. The molecule has 3 rings (SSSR count). The molecule has 0 radical (unpaired) electrons. The van der Waals surface area contributed by atoms with E-state index >= 15 is 0 Å². The molecule has 4 nitrogen and oxygen atoms in total. The number of nitrogens with one attached hydrogen (secondary N) is 1. The Morgan fingerprint density at radius 3 is 2.65 bits per heavy atom. The van der Waals surface area contributed by atoms with Crippen molar-refractivity contribution in [1.82, 2.24) is 14.9 Å². The molecule has 1 N–H and O–H groups in total. The Hall–Kier alpha value is -2.02. The summed E-state index contributed by atoms with van der Waals surface area (Å²) in [4.78, 5) is 0. The second-order valence-electron chi connectivity index (χ2n) is 4.56. The molecule has 0 unspecified atom stereocenters. The second kappa shape index (κ2) is 6.62. The quantitative estimate of drug-likeness (QED) is 0.527. The molecule has 0 bridgehead atoms. The highest BCUT2D eigenvalue weighted by atomic mass is 35.5. The predicted molar refractivity (Wildman–Crippen MR) is 92.3 cm³/mol. The van der Waals surface area contributed by atoms with Crippen LogP contribution in [0.15, 0.2) is 47.6 Å². The minimum Gasteiger partial charge on any atom is -0.250 e. The van der Waals surface area contributed by atoms with E-state index in [2.05, 4.69) is 15.3 Å². The van der Waals surface area contributed by atoms with Crippen LogP contribution < -0.4 is 0 Å². The van der Waals surface area contributed by atoms with E-state index in [4.69, 9.17) is 35.4 Å². The van der Waals surface area contributed by atoms with Crippen LogP contribution >= 0.6 is 35.4 Å². The standard InChI is InChI=1S/C15H9Cl2FN4S/c16-12-3-1-2-10(13(12)17)8-19-22-14(20-21-15(22)23)9-4-6-11(18)7-5-9/h1-8H,(H,21,23)/b19-8-. The number of hydrogen-bond donors (Lipinski definition) is 1. The molecule has 0 amide bonds. The van der Waals surface area contributed by atoms with E-state index in [1.54, 1.807) is 30.3 Å². The number of H-pyrrole nitrogens is 1. The SMILES string of the molecule is Fc1ccc(-c2n[nH]c(=S)n2/N=C\c2cccc(Cl)c2Cl)cc1. The normalized spacial score (nSPS) is 11.3. The molecule has 1 aromatic heterocycles. The highest BCUT2D eigenvalue weighted by Crippen LogP contribution is 2.24. The summed E-state index contributed by atoms with van der Waals surface area (Å²) in [5.74, 6) is 0.132. The Morgan fingerprint density at radius 2 is 1.91 bits per heavy atom. The summed E-state index contributed by atoms with van der Waals surface area (Å²) in [5.41, 5.74) is 1.32. The van der Waals surface area contributed by atoms with Gasteiger partial charge in [0.25, 0.3) is 0 Å². The number of halogens is 3. The van der Waals surface area contributed by atoms with Gasteiger partial charge in [0.1, 0.15) is 5.82 Å². The van der Waals surface area contributed by atoms with Crippen LogP contribution in [0.5, 0.6) is 0 Å². The molecular formula is C15H9Cl2FN4S. The first-order valence-corrected chi connectivity index (χ1v) is 7.64. The van der Waals surface area contributed by atoms with Gasteiger partial charge in [0.15, 0.2) is 5.82 Å². The van der Waals surface area contributed by atoms with Crippen molar-refractivity contribution < 1.29 is 4.39 Å². The lowest BCUT2D eigenvalue weighted by Crippen LogP contribution is -1.95. The third kappa shape index (κ3) is 3.34. The van der Waals surface area contributed by atoms with E-state index in [1.165, 1.54) is 23.0 Å². The molecule has 0 aliphatic carbocycles. The average molecular weight is 367 g/mol. The molecule has 2 aromatic carbocycles. The highest BCUT2D eigenvalue weighted by molar-refractivity contribution is 7.71. The van der Waals surface area contributed by atoms with Crippen molar-refractivity contribution in [2.45, 2.75) is 0 Å². The molecule has 0 aliphatic rings. The summed E-state index contributed by atoms with van der Waals surface area (Å²) in [7, 11) is 0. The number of aromatic nitrogens is 3. The van der Waals surface area contributed by atoms with Crippen molar-refractivity contribution in [3.05, 3.63) is 68.7 Å². The van der Waals surface area contributed by atoms with Gasteiger partial charge in [-0.15, -0.1) is 0 Å². The van der Waals surface area contributed by atoms with Crippen molar-refractivity contribution in [2.24, 2.45) is 5.10 Å². The molecule has 23 heavy (non-hydrogen) atoms. The summed E-state index contributed by atoms with van der Waals surface area (Å²) in [5, 5.41) is 11.9. The van der Waals surface area contributed by atoms with Gasteiger partial charge in [-0.1, -0.05) is 35.3 Å². The zero-order chi connectivity index (χ0) is 16.4. The Bertz CT molecular complexity index is 931. The van der Waals surface area contributed by atoms with Gasteiger partial charge < -0.3 is 0 Å². The molecule has 116 valence electrons. The van der Waals surface area contributed by atoms with Gasteiger partial charge in [0, 0.05) is 11.1 Å². The van der Waals surface area contributed by atoms with E-state index in [0.717, 1.165) is 0 Å². The van der Waals surface area contributed by atoms with Gasteiger partial charge in [-0.2, -0.15) is 14.9 Å². The first-order valence-electron chi connectivity index (χ1n) is 6.48. The fraction of sp³-hybridized carbons (Fsp3) is 0. The maximum atomic E-state index is 13.0. The lowest BCUT2D eigenvalue weighted by molar-refractivity contribution is 0.628. The van der Waals surface area contributed by atoms with E-state index < -0.39 is 0 Å². The number of aromatic amines is 1. The monoisotopic (exact) mass is 366 g/mol. The molecule has 0 spiro atoms. The van der Waals surface area contributed by atoms with Crippen LogP contribution in [-0.2, 0) is 0 Å². The van der Waals surface area contributed by atoms with Gasteiger partial charge in [0.2, 0.25) is 4.77 Å². The van der Waals surface area contributed by atoms with Crippen LogP contribution in [0.25, 0.3) is 11.4 Å². The molecule has 0 aliphatic heterocycles. The smallest absolute Gasteiger partial charge is 0.216 e. The van der Waals surface area contributed by atoms with Crippen LogP contribution in [0.1, 0.15) is 5.56 Å². The van der Waals surface area contributed by atoms with E-state index in [-0.39, 0.29) is 5.82 Å². The van der Waals surface area contributed by atoms with Gasteiger partial charge in [-0.3, -0.25) is 0 Å². The fourth-order valence-electron chi connectivity index (χ4n) is 1.92. The maximum Gasteiger partial charge on any atom is 0.216 e. The zero-order valence-electron chi connectivity index (χ0n) is 11.5. The molecule has 8 heteroatoms. The van der Waals surface area contributed by atoms with Crippen LogP contribution in [0.4, 0.5) is 4.39 Å². The molecular weight excluding hydrogens is 358 g/mol. The van der Waals surface area contributed by atoms with Crippen LogP contribution in [-0.4, -0.2) is 21.1 Å². The first kappa shape index (κ1) is 15.9. The summed E-state index contributed by atoms with van der Waals surface area (Å²) < 4.78 is 14.8. The molecule has 0 fully saturated rings. The summed E-state index contributed by atoms with van der Waals surface area (Å²) in [6.07, 6.45) is 1.53. The Balaban J connectivity index is 2.02. The Labute approximate surface area is 146 Å². The van der Waals surface area contributed by atoms with Crippen LogP contribution in [0.3, 0.4) is 0 Å². The minimum absolute atomic E-state index is 0.304. The van der Waals surface area contributed by atoms with E-state index in [1.807, 2.05) is 0 Å². The van der Waals surface area contributed by atoms with Gasteiger partial charge in [-0.25, -0.2) is 9.49 Å². The molecule has 0 saturated heterocycles. The number of hydrogen-bond acceptors (Lipinski definition) is 3. The second-order valence-corrected chi connectivity index (χ2v) is 5.73. The van der Waals surface area contributed by atoms with E-state index in [0.29, 0.717) is 31.8 Å². The van der Waals surface area contributed by atoms with Crippen LogP contribution in [0.2, 0.25) is 10.0 Å². The van der Waals surface area contributed by atoms with Gasteiger partial charge >= 0.3 is 0 Å². The topological polar surface area (TPSA) is 46.0 Å². The van der Waals surface area contributed by atoms with Crippen molar-refractivity contribution >= 4 is 41.6 Å². The van der Waals surface area contributed by atoms with Gasteiger partial charge in [-0.05, 0) is 42.5 Å². The zero-order valence-corrected chi connectivity index (χ0v) is 13.8. The Morgan fingerprint density at radius 1 is 1.17 bits per heavy atom. The van der Waals surface area contributed by atoms with Crippen molar-refractivity contribution in [1.29, 1.82) is 0 Å². The van der Waals surface area contributed by atoms with E-state index in [9.17, 15) is 4.39 Å². The lowest BCUT2D eigenvalue weighted by atomic mass is 10.2. The molecule has 0 saturated carbocycles. The summed E-state index contributed by atoms with van der Waals surface area (Å²) in [6.45, 7) is 0.